The molecule has 1 aliphatic carbocycles. The average molecular weight is 374 g/mol. The number of carbonyl (C=O) groups is 1. The van der Waals surface area contributed by atoms with Crippen LogP contribution >= 0.6 is 0 Å². The van der Waals surface area contributed by atoms with Crippen LogP contribution in [0.3, 0.4) is 0 Å². The lowest BCUT2D eigenvalue weighted by Gasteiger charge is -2.37. The second-order valence-electron chi connectivity index (χ2n) is 8.49. The normalized spacial score (nSPS) is 23.4. The number of aliphatic hydroxyl groups is 1. The molecule has 3 rings (SSSR count). The van der Waals surface area contributed by atoms with Crippen LogP contribution in [-0.2, 0) is 14.9 Å². The molecule has 0 radical (unpaired) electrons. The highest BCUT2D eigenvalue weighted by molar-refractivity contribution is 5.84. The number of rotatable bonds is 9. The fourth-order valence-corrected chi connectivity index (χ4v) is 5.23. The van der Waals surface area contributed by atoms with Gasteiger partial charge in [0.15, 0.2) is 0 Å². The Balaban J connectivity index is 1.66. The first-order valence-electron chi connectivity index (χ1n) is 10.7. The third-order valence-electron chi connectivity index (χ3n) is 6.69. The van der Waals surface area contributed by atoms with Crippen LogP contribution < -0.4 is 0 Å². The Morgan fingerprint density at radius 1 is 1.22 bits per heavy atom. The highest BCUT2D eigenvalue weighted by atomic mass is 16.5. The first-order valence-corrected chi connectivity index (χ1v) is 10.7. The van der Waals surface area contributed by atoms with Crippen molar-refractivity contribution in [2.24, 2.45) is 11.8 Å². The summed E-state index contributed by atoms with van der Waals surface area (Å²) in [5.74, 6) is 0.876. The van der Waals surface area contributed by atoms with Crippen LogP contribution in [0.4, 0.5) is 0 Å². The van der Waals surface area contributed by atoms with Gasteiger partial charge in [0.1, 0.15) is 0 Å². The lowest BCUT2D eigenvalue weighted by Crippen LogP contribution is -2.44. The molecule has 1 heterocycles. The Kier molecular flexibility index (Phi) is 7.31. The standard InChI is InChI=1S/C23H35NO3/c1-24-15-13-19(18-24)8-7-17-27-22(26)23(14-16-25,21-11-5-6-12-21)20-9-3-2-4-10-20/h2-4,9-10,19,21,25H,5-8,11-18H2,1H3. The van der Waals surface area contributed by atoms with Crippen molar-refractivity contribution in [2.45, 2.75) is 56.8 Å². The molecule has 1 aromatic carbocycles. The van der Waals surface area contributed by atoms with Crippen LogP contribution in [0.15, 0.2) is 30.3 Å². The zero-order valence-electron chi connectivity index (χ0n) is 16.7. The van der Waals surface area contributed by atoms with Gasteiger partial charge in [0, 0.05) is 13.2 Å². The zero-order chi connectivity index (χ0) is 19.1. The number of aliphatic hydroxyl groups excluding tert-OH is 1. The summed E-state index contributed by atoms with van der Waals surface area (Å²) in [6.07, 6.45) is 8.16. The molecule has 4 nitrogen and oxygen atoms in total. The number of ether oxygens (including phenoxy) is 1. The molecule has 2 aliphatic rings. The van der Waals surface area contributed by atoms with Crippen LogP contribution in [0, 0.1) is 11.8 Å². The molecule has 2 unspecified atom stereocenters. The molecule has 1 N–H and O–H groups in total. The number of benzene rings is 1. The van der Waals surface area contributed by atoms with E-state index in [9.17, 15) is 9.90 Å². The van der Waals surface area contributed by atoms with Gasteiger partial charge in [-0.3, -0.25) is 4.79 Å². The van der Waals surface area contributed by atoms with E-state index in [1.165, 1.54) is 13.0 Å². The second kappa shape index (κ2) is 9.70. The Hall–Kier alpha value is -1.39. The Labute approximate surface area is 163 Å². The number of likely N-dealkylation sites (tertiary alicyclic amines) is 1. The maximum absolute atomic E-state index is 13.3. The molecule has 27 heavy (non-hydrogen) atoms. The van der Waals surface area contributed by atoms with Crippen molar-refractivity contribution in [3.05, 3.63) is 35.9 Å². The summed E-state index contributed by atoms with van der Waals surface area (Å²) < 4.78 is 5.85. The fourth-order valence-electron chi connectivity index (χ4n) is 5.23. The third-order valence-corrected chi connectivity index (χ3v) is 6.69. The van der Waals surface area contributed by atoms with Crippen molar-refractivity contribution in [2.75, 3.05) is 33.4 Å². The van der Waals surface area contributed by atoms with Crippen molar-refractivity contribution in [1.29, 1.82) is 0 Å². The van der Waals surface area contributed by atoms with E-state index in [2.05, 4.69) is 11.9 Å². The van der Waals surface area contributed by atoms with Crippen molar-refractivity contribution < 1.29 is 14.6 Å². The van der Waals surface area contributed by atoms with Gasteiger partial charge in [0.05, 0.1) is 12.0 Å². The van der Waals surface area contributed by atoms with Gasteiger partial charge >= 0.3 is 5.97 Å². The van der Waals surface area contributed by atoms with Gasteiger partial charge in [0.2, 0.25) is 0 Å². The molecule has 1 saturated carbocycles. The van der Waals surface area contributed by atoms with Crippen LogP contribution in [0.2, 0.25) is 0 Å². The van der Waals surface area contributed by atoms with Crippen LogP contribution in [0.5, 0.6) is 0 Å². The molecule has 2 fully saturated rings. The fraction of sp³-hybridized carbons (Fsp3) is 0.696. The second-order valence-corrected chi connectivity index (χ2v) is 8.49. The maximum atomic E-state index is 13.3. The highest BCUT2D eigenvalue weighted by Gasteiger charge is 2.48. The van der Waals surface area contributed by atoms with Crippen LogP contribution in [0.1, 0.15) is 56.9 Å². The SMILES string of the molecule is CN1CCC(CCCOC(=O)C(CCO)(c2ccccc2)C2CCCC2)C1. The molecule has 0 bridgehead atoms. The Bertz CT molecular complexity index is 585. The highest BCUT2D eigenvalue weighted by Crippen LogP contribution is 2.45. The molecule has 2 atom stereocenters. The molecule has 4 heteroatoms. The smallest absolute Gasteiger partial charge is 0.316 e. The van der Waals surface area contributed by atoms with E-state index in [1.807, 2.05) is 30.3 Å². The summed E-state index contributed by atoms with van der Waals surface area (Å²) in [6.45, 7) is 2.84. The van der Waals surface area contributed by atoms with Crippen molar-refractivity contribution in [1.82, 2.24) is 4.90 Å². The van der Waals surface area contributed by atoms with E-state index in [1.54, 1.807) is 0 Å². The Morgan fingerprint density at radius 3 is 2.59 bits per heavy atom. The lowest BCUT2D eigenvalue weighted by molar-refractivity contribution is -0.154. The van der Waals surface area contributed by atoms with Gasteiger partial charge in [0.25, 0.3) is 0 Å². The minimum absolute atomic E-state index is 0.00883. The van der Waals surface area contributed by atoms with E-state index in [-0.39, 0.29) is 18.5 Å². The van der Waals surface area contributed by atoms with Gasteiger partial charge in [-0.1, -0.05) is 43.2 Å². The summed E-state index contributed by atoms with van der Waals surface area (Å²) in [5.41, 5.74) is 0.313. The van der Waals surface area contributed by atoms with Crippen LogP contribution in [0.25, 0.3) is 0 Å². The number of esters is 1. The first kappa shape index (κ1) is 20.3. The first-order chi connectivity index (χ1) is 13.2. The molecule has 1 saturated heterocycles. The predicted octanol–water partition coefficient (Wildman–Crippen LogP) is 3.77. The topological polar surface area (TPSA) is 49.8 Å². The minimum atomic E-state index is -0.694. The Morgan fingerprint density at radius 2 is 1.96 bits per heavy atom. The minimum Gasteiger partial charge on any atom is -0.465 e. The number of hydrogen-bond acceptors (Lipinski definition) is 4. The van der Waals surface area contributed by atoms with Crippen molar-refractivity contribution >= 4 is 5.97 Å². The summed E-state index contributed by atoms with van der Waals surface area (Å²) in [5, 5.41) is 9.80. The van der Waals surface area contributed by atoms with E-state index in [0.717, 1.165) is 56.6 Å². The zero-order valence-corrected chi connectivity index (χ0v) is 16.7. The van der Waals surface area contributed by atoms with Gasteiger partial charge in [-0.15, -0.1) is 0 Å². The molecule has 0 aromatic heterocycles. The molecule has 0 amide bonds. The largest absolute Gasteiger partial charge is 0.465 e. The summed E-state index contributed by atoms with van der Waals surface area (Å²) in [4.78, 5) is 15.7. The monoisotopic (exact) mass is 373 g/mol. The summed E-state index contributed by atoms with van der Waals surface area (Å²) >= 11 is 0. The molecule has 1 aromatic rings. The van der Waals surface area contributed by atoms with Gasteiger partial charge in [-0.25, -0.2) is 0 Å². The van der Waals surface area contributed by atoms with Gasteiger partial charge in [-0.05, 0) is 69.5 Å². The maximum Gasteiger partial charge on any atom is 0.316 e. The van der Waals surface area contributed by atoms with Crippen LogP contribution in [-0.4, -0.2) is 49.3 Å². The molecule has 0 spiro atoms. The number of hydrogen-bond donors (Lipinski definition) is 1. The van der Waals surface area contributed by atoms with Gasteiger partial charge in [-0.2, -0.15) is 0 Å². The van der Waals surface area contributed by atoms with Crippen molar-refractivity contribution in [3.63, 3.8) is 0 Å². The molecular weight excluding hydrogens is 338 g/mol. The third kappa shape index (κ3) is 4.72. The van der Waals surface area contributed by atoms with E-state index >= 15 is 0 Å². The number of nitrogens with zero attached hydrogens (tertiary/aromatic N) is 1. The molecule has 150 valence electrons. The quantitative estimate of drug-likeness (QED) is 0.529. The van der Waals surface area contributed by atoms with E-state index < -0.39 is 5.41 Å². The van der Waals surface area contributed by atoms with Gasteiger partial charge < -0.3 is 14.7 Å². The van der Waals surface area contributed by atoms with E-state index in [4.69, 9.17) is 4.74 Å². The van der Waals surface area contributed by atoms with E-state index in [0.29, 0.717) is 13.0 Å². The number of carbonyl (C=O) groups excluding carboxylic acids is 1. The average Bonchev–Trinajstić information content (AvgIpc) is 3.36. The van der Waals surface area contributed by atoms with Crippen molar-refractivity contribution in [3.8, 4) is 0 Å². The lowest BCUT2D eigenvalue weighted by atomic mass is 9.67. The summed E-state index contributed by atoms with van der Waals surface area (Å²) in [6, 6.07) is 10.0. The molecular formula is C23H35NO3. The predicted molar refractivity (Wildman–Crippen MR) is 108 cm³/mol. The molecule has 1 aliphatic heterocycles. The summed E-state index contributed by atoms with van der Waals surface area (Å²) in [7, 11) is 2.17.